The Morgan fingerprint density at radius 2 is 1.87 bits per heavy atom. The largest absolute Gasteiger partial charge is 0.504 e. The quantitative estimate of drug-likeness (QED) is 0.372. The number of nitrogens with zero attached hydrogens (tertiary/aromatic N) is 4. The first-order valence-corrected chi connectivity index (χ1v) is 12.4. The standard InChI is InChI=1S/C21H23N5O3.C6H5F.C2H2/c27-20-16(2-1-3-17(20)29-13-14-4-5-14)21(28)23-15-8-10-25(12-15)19-7-6-18-22-9-11-26(18)24-19;7-6-4-2-1-3-5-6;1-2/h1-3,6-7,9,11,14-15,27H,4-5,8,10,12-13H2,(H,23,28);1-5H;1-2H. The number of aromatic hydroxyl groups is 1. The van der Waals surface area contributed by atoms with Gasteiger partial charge < -0.3 is 20.1 Å². The Bertz CT molecular complexity index is 1370. The average Bonchev–Trinajstić information content (AvgIpc) is 3.45. The number of amides is 1. The summed E-state index contributed by atoms with van der Waals surface area (Å²) in [6.45, 7) is 2.05. The number of anilines is 1. The minimum absolute atomic E-state index is 0.0155. The maximum atomic E-state index is 12.7. The zero-order valence-electron chi connectivity index (χ0n) is 20.9. The third kappa shape index (κ3) is 6.79. The molecule has 0 radical (unpaired) electrons. The summed E-state index contributed by atoms with van der Waals surface area (Å²) in [5.41, 5.74) is 1.05. The second-order valence-corrected chi connectivity index (χ2v) is 9.03. The number of nitrogens with one attached hydrogen (secondary N) is 1. The minimum atomic E-state index is -0.288. The Morgan fingerprint density at radius 3 is 2.58 bits per heavy atom. The Kier molecular flexibility index (Phi) is 8.77. The Morgan fingerprint density at radius 1 is 1.08 bits per heavy atom. The first-order valence-electron chi connectivity index (χ1n) is 12.4. The maximum Gasteiger partial charge on any atom is 0.255 e. The van der Waals surface area contributed by atoms with Crippen LogP contribution in [0.25, 0.3) is 5.65 Å². The fourth-order valence-corrected chi connectivity index (χ4v) is 4.05. The number of hydrogen-bond donors (Lipinski definition) is 2. The SMILES string of the molecule is C#C.Fc1ccccc1.O=C(NC1CCN(c2ccc3nccn3n2)C1)c1cccc(OCC2CC2)c1O. The number of hydrogen-bond acceptors (Lipinski definition) is 6. The Hall–Kier alpha value is -4.58. The topological polar surface area (TPSA) is 92.0 Å². The summed E-state index contributed by atoms with van der Waals surface area (Å²) in [4.78, 5) is 19.1. The summed E-state index contributed by atoms with van der Waals surface area (Å²) in [6, 6.07) is 16.9. The number of benzene rings is 2. The molecule has 196 valence electrons. The second-order valence-electron chi connectivity index (χ2n) is 9.03. The Labute approximate surface area is 221 Å². The van der Waals surface area contributed by atoms with E-state index in [1.807, 2.05) is 18.3 Å². The van der Waals surface area contributed by atoms with Gasteiger partial charge >= 0.3 is 0 Å². The van der Waals surface area contributed by atoms with Crippen molar-refractivity contribution in [1.82, 2.24) is 19.9 Å². The third-order valence-electron chi connectivity index (χ3n) is 6.24. The van der Waals surface area contributed by atoms with Gasteiger partial charge in [0, 0.05) is 31.5 Å². The summed E-state index contributed by atoms with van der Waals surface area (Å²) in [7, 11) is 0. The highest BCUT2D eigenvalue weighted by atomic mass is 19.1. The van der Waals surface area contributed by atoms with Gasteiger partial charge in [-0.15, -0.1) is 17.9 Å². The lowest BCUT2D eigenvalue weighted by molar-refractivity contribution is 0.0936. The fraction of sp³-hybridized carbons (Fsp3) is 0.276. The molecule has 38 heavy (non-hydrogen) atoms. The van der Waals surface area contributed by atoms with Gasteiger partial charge in [0.2, 0.25) is 0 Å². The summed E-state index contributed by atoms with van der Waals surface area (Å²) >= 11 is 0. The lowest BCUT2D eigenvalue weighted by Gasteiger charge is -2.18. The van der Waals surface area contributed by atoms with Gasteiger partial charge in [-0.1, -0.05) is 24.3 Å². The molecular weight excluding hydrogens is 485 g/mol. The van der Waals surface area contributed by atoms with E-state index in [1.54, 1.807) is 47.1 Å². The summed E-state index contributed by atoms with van der Waals surface area (Å²) in [5, 5.41) is 18.1. The number of para-hydroxylation sites is 1. The fourth-order valence-electron chi connectivity index (χ4n) is 4.05. The van der Waals surface area contributed by atoms with Crippen molar-refractivity contribution in [3.8, 4) is 24.3 Å². The molecule has 1 aliphatic carbocycles. The van der Waals surface area contributed by atoms with E-state index in [1.165, 1.54) is 25.0 Å². The van der Waals surface area contributed by atoms with Crippen molar-refractivity contribution in [1.29, 1.82) is 0 Å². The van der Waals surface area contributed by atoms with Gasteiger partial charge in [0.1, 0.15) is 11.6 Å². The van der Waals surface area contributed by atoms with Crippen LogP contribution in [-0.2, 0) is 0 Å². The summed E-state index contributed by atoms with van der Waals surface area (Å²) in [5.74, 6) is 1.24. The van der Waals surface area contributed by atoms with Gasteiger partial charge in [-0.2, -0.15) is 0 Å². The third-order valence-corrected chi connectivity index (χ3v) is 6.24. The minimum Gasteiger partial charge on any atom is -0.504 e. The molecule has 2 aromatic heterocycles. The normalized spacial score (nSPS) is 16.1. The van der Waals surface area contributed by atoms with Crippen LogP contribution in [0.1, 0.15) is 29.6 Å². The number of ether oxygens (including phenoxy) is 1. The number of carbonyl (C=O) groups excluding carboxylic acids is 1. The number of phenols is 1. The molecule has 2 N–H and O–H groups in total. The van der Waals surface area contributed by atoms with Crippen LogP contribution in [0.5, 0.6) is 11.5 Å². The molecule has 6 rings (SSSR count). The Balaban J connectivity index is 0.000000321. The molecule has 8 nitrogen and oxygen atoms in total. The highest BCUT2D eigenvalue weighted by molar-refractivity contribution is 5.97. The predicted molar refractivity (Wildman–Crippen MR) is 144 cm³/mol. The van der Waals surface area contributed by atoms with Crippen LogP contribution in [0.4, 0.5) is 10.2 Å². The number of rotatable bonds is 6. The van der Waals surface area contributed by atoms with Crippen molar-refractivity contribution >= 4 is 17.4 Å². The van der Waals surface area contributed by atoms with Crippen LogP contribution in [0.3, 0.4) is 0 Å². The van der Waals surface area contributed by atoms with Crippen LogP contribution >= 0.6 is 0 Å². The molecular formula is C29H30FN5O3. The number of aromatic nitrogens is 3. The first kappa shape index (κ1) is 26.5. The van der Waals surface area contributed by atoms with Crippen molar-refractivity contribution < 1.29 is 19.0 Å². The molecule has 0 spiro atoms. The van der Waals surface area contributed by atoms with E-state index in [0.29, 0.717) is 24.8 Å². The van der Waals surface area contributed by atoms with Gasteiger partial charge in [0.05, 0.1) is 12.2 Å². The average molecular weight is 516 g/mol. The van der Waals surface area contributed by atoms with Crippen molar-refractivity contribution in [2.24, 2.45) is 5.92 Å². The van der Waals surface area contributed by atoms with Gasteiger partial charge in [-0.3, -0.25) is 4.79 Å². The number of phenolic OH excluding ortho intramolecular Hbond substituents is 1. The summed E-state index contributed by atoms with van der Waals surface area (Å²) in [6.07, 6.45) is 14.7. The lowest BCUT2D eigenvalue weighted by Crippen LogP contribution is -2.37. The molecule has 1 unspecified atom stereocenters. The number of fused-ring (bicyclic) bond motifs is 1. The van der Waals surface area contributed by atoms with E-state index in [2.05, 4.69) is 33.1 Å². The number of halogens is 1. The van der Waals surface area contributed by atoms with Gasteiger partial charge in [-0.25, -0.2) is 13.9 Å². The number of terminal acetylenes is 1. The zero-order valence-corrected chi connectivity index (χ0v) is 20.9. The molecule has 1 atom stereocenters. The molecule has 9 heteroatoms. The van der Waals surface area contributed by atoms with Gasteiger partial charge in [0.25, 0.3) is 5.91 Å². The molecule has 4 aromatic rings. The maximum absolute atomic E-state index is 12.7. The van der Waals surface area contributed by atoms with Crippen LogP contribution in [0.2, 0.25) is 0 Å². The molecule has 1 saturated carbocycles. The van der Waals surface area contributed by atoms with Crippen molar-refractivity contribution in [2.75, 3.05) is 24.6 Å². The molecule has 2 aromatic carbocycles. The molecule has 2 aliphatic rings. The van der Waals surface area contributed by atoms with Gasteiger partial charge in [0.15, 0.2) is 17.1 Å². The van der Waals surface area contributed by atoms with E-state index < -0.39 is 0 Å². The van der Waals surface area contributed by atoms with E-state index >= 15 is 0 Å². The molecule has 1 aliphatic heterocycles. The highest BCUT2D eigenvalue weighted by Gasteiger charge is 2.27. The number of carbonyl (C=O) groups is 1. The van der Waals surface area contributed by atoms with Crippen molar-refractivity contribution in [3.05, 3.63) is 84.4 Å². The van der Waals surface area contributed by atoms with E-state index in [4.69, 9.17) is 4.74 Å². The van der Waals surface area contributed by atoms with Crippen molar-refractivity contribution in [3.63, 3.8) is 0 Å². The van der Waals surface area contributed by atoms with E-state index in [9.17, 15) is 14.3 Å². The molecule has 0 bridgehead atoms. The first-order chi connectivity index (χ1) is 18.6. The lowest BCUT2D eigenvalue weighted by atomic mass is 10.1. The molecule has 1 saturated heterocycles. The molecule has 3 heterocycles. The second kappa shape index (κ2) is 12.6. The van der Waals surface area contributed by atoms with Crippen LogP contribution in [0, 0.1) is 24.6 Å². The van der Waals surface area contributed by atoms with E-state index in [0.717, 1.165) is 24.4 Å². The van der Waals surface area contributed by atoms with Crippen LogP contribution in [0.15, 0.2) is 73.1 Å². The van der Waals surface area contributed by atoms with Crippen molar-refractivity contribution in [2.45, 2.75) is 25.3 Å². The zero-order chi connectivity index (χ0) is 26.9. The predicted octanol–water partition coefficient (Wildman–Crippen LogP) is 4.31. The van der Waals surface area contributed by atoms with E-state index in [-0.39, 0.29) is 29.1 Å². The van der Waals surface area contributed by atoms with Crippen LogP contribution < -0.4 is 15.0 Å². The molecule has 2 fully saturated rings. The summed E-state index contributed by atoms with van der Waals surface area (Å²) < 4.78 is 19.3. The highest BCUT2D eigenvalue weighted by Crippen LogP contribution is 2.34. The smallest absolute Gasteiger partial charge is 0.255 e. The number of imidazole rings is 1. The monoisotopic (exact) mass is 515 g/mol. The molecule has 1 amide bonds. The van der Waals surface area contributed by atoms with Crippen LogP contribution in [-0.4, -0.2) is 51.4 Å². The van der Waals surface area contributed by atoms with Gasteiger partial charge in [-0.05, 0) is 61.6 Å².